The quantitative estimate of drug-likeness (QED) is 0.400. The van der Waals surface area contributed by atoms with Crippen molar-refractivity contribution in [3.63, 3.8) is 0 Å². The number of nitrogens with two attached hydrogens (primary N) is 1. The second-order valence-electron chi connectivity index (χ2n) is 4.51. The zero-order valence-corrected chi connectivity index (χ0v) is 14.7. The van der Waals surface area contributed by atoms with Crippen LogP contribution in [0.3, 0.4) is 0 Å². The van der Waals surface area contributed by atoms with Crippen molar-refractivity contribution < 1.29 is 9.84 Å². The predicted octanol–water partition coefficient (Wildman–Crippen LogP) is 2.99. The van der Waals surface area contributed by atoms with Gasteiger partial charge >= 0.3 is 0 Å². The van der Waals surface area contributed by atoms with Crippen molar-refractivity contribution in [1.82, 2.24) is 0 Å². The molecule has 0 unspecified atom stereocenters. The molecule has 6 heteroatoms. The van der Waals surface area contributed by atoms with E-state index in [1.165, 1.54) is 7.11 Å². The SMILES string of the molecule is COc1cc(CCN=C(N)Nc2ccccc2)ccc1O.I. The molecule has 0 radical (unpaired) electrons. The van der Waals surface area contributed by atoms with Gasteiger partial charge in [-0.25, -0.2) is 0 Å². The van der Waals surface area contributed by atoms with Crippen LogP contribution in [0.2, 0.25) is 0 Å². The lowest BCUT2D eigenvalue weighted by molar-refractivity contribution is 0.373. The van der Waals surface area contributed by atoms with Gasteiger partial charge in [0.2, 0.25) is 0 Å². The Morgan fingerprint density at radius 1 is 1.23 bits per heavy atom. The Labute approximate surface area is 147 Å². The molecule has 0 saturated heterocycles. The summed E-state index contributed by atoms with van der Waals surface area (Å²) in [5, 5.41) is 12.6. The first kappa shape index (κ1) is 18.1. The molecule has 0 saturated carbocycles. The topological polar surface area (TPSA) is 79.9 Å². The molecular weight excluding hydrogens is 393 g/mol. The molecule has 2 aromatic rings. The standard InChI is InChI=1S/C16H19N3O2.HI/c1-21-15-11-12(7-8-14(15)20)9-10-18-16(17)19-13-5-3-2-4-6-13;/h2-8,11,20H,9-10H2,1H3,(H3,17,18,19);1H. The van der Waals surface area contributed by atoms with Gasteiger partial charge in [0, 0.05) is 12.2 Å². The second-order valence-corrected chi connectivity index (χ2v) is 4.51. The van der Waals surface area contributed by atoms with Crippen LogP contribution in [0, 0.1) is 0 Å². The molecule has 0 spiro atoms. The van der Waals surface area contributed by atoms with Crippen molar-refractivity contribution in [3.8, 4) is 11.5 Å². The molecule has 0 bridgehead atoms. The van der Waals surface area contributed by atoms with Crippen LogP contribution in [0.1, 0.15) is 5.56 Å². The number of aromatic hydroxyl groups is 1. The van der Waals surface area contributed by atoms with Gasteiger partial charge in [0.25, 0.3) is 0 Å². The molecule has 4 N–H and O–H groups in total. The first-order chi connectivity index (χ1) is 10.2. The van der Waals surface area contributed by atoms with E-state index in [4.69, 9.17) is 10.5 Å². The first-order valence-corrected chi connectivity index (χ1v) is 6.67. The van der Waals surface area contributed by atoms with Crippen molar-refractivity contribution in [1.29, 1.82) is 0 Å². The van der Waals surface area contributed by atoms with Crippen LogP contribution in [0.15, 0.2) is 53.5 Å². The summed E-state index contributed by atoms with van der Waals surface area (Å²) in [4.78, 5) is 4.27. The van der Waals surface area contributed by atoms with E-state index < -0.39 is 0 Å². The largest absolute Gasteiger partial charge is 0.504 e. The fourth-order valence-corrected chi connectivity index (χ4v) is 1.89. The fraction of sp³-hybridized carbons (Fsp3) is 0.188. The number of rotatable bonds is 5. The van der Waals surface area contributed by atoms with Gasteiger partial charge in [0.15, 0.2) is 17.5 Å². The van der Waals surface area contributed by atoms with Gasteiger partial charge in [0.05, 0.1) is 7.11 Å². The average molecular weight is 413 g/mol. The summed E-state index contributed by atoms with van der Waals surface area (Å²) in [6, 6.07) is 14.9. The van der Waals surface area contributed by atoms with Gasteiger partial charge in [0.1, 0.15) is 0 Å². The van der Waals surface area contributed by atoms with Crippen LogP contribution in [0.5, 0.6) is 11.5 Å². The normalized spacial score (nSPS) is 10.7. The summed E-state index contributed by atoms with van der Waals surface area (Å²) in [6.45, 7) is 0.555. The summed E-state index contributed by atoms with van der Waals surface area (Å²) >= 11 is 0. The van der Waals surface area contributed by atoms with Crippen LogP contribution in [0.25, 0.3) is 0 Å². The molecule has 2 rings (SSSR count). The highest BCUT2D eigenvalue weighted by atomic mass is 127. The third kappa shape index (κ3) is 5.44. The molecular formula is C16H20IN3O2. The minimum Gasteiger partial charge on any atom is -0.504 e. The number of phenolic OH excluding ortho intramolecular Hbond substituents is 1. The van der Waals surface area contributed by atoms with Gasteiger partial charge in [-0.3, -0.25) is 4.99 Å². The third-order valence-corrected chi connectivity index (χ3v) is 2.97. The number of para-hydroxylation sites is 1. The fourth-order valence-electron chi connectivity index (χ4n) is 1.89. The van der Waals surface area contributed by atoms with Crippen LogP contribution < -0.4 is 15.8 Å². The highest BCUT2D eigenvalue weighted by Crippen LogP contribution is 2.26. The lowest BCUT2D eigenvalue weighted by atomic mass is 10.1. The van der Waals surface area contributed by atoms with Crippen molar-refractivity contribution in [2.24, 2.45) is 10.7 Å². The Bertz CT molecular complexity index is 618. The van der Waals surface area contributed by atoms with Crippen LogP contribution in [0.4, 0.5) is 5.69 Å². The Morgan fingerprint density at radius 2 is 1.95 bits per heavy atom. The second kappa shape index (κ2) is 9.14. The number of halogens is 1. The summed E-state index contributed by atoms with van der Waals surface area (Å²) in [5.74, 6) is 0.980. The summed E-state index contributed by atoms with van der Waals surface area (Å²) in [6.07, 6.45) is 0.716. The zero-order valence-electron chi connectivity index (χ0n) is 12.3. The van der Waals surface area contributed by atoms with E-state index in [9.17, 15) is 5.11 Å². The van der Waals surface area contributed by atoms with E-state index in [1.807, 2.05) is 36.4 Å². The van der Waals surface area contributed by atoms with Crippen molar-refractivity contribution in [3.05, 3.63) is 54.1 Å². The van der Waals surface area contributed by atoms with Gasteiger partial charge < -0.3 is 20.9 Å². The van der Waals surface area contributed by atoms with E-state index in [0.717, 1.165) is 11.3 Å². The van der Waals surface area contributed by atoms with Crippen LogP contribution in [-0.4, -0.2) is 24.7 Å². The minimum atomic E-state index is 0. The highest BCUT2D eigenvalue weighted by molar-refractivity contribution is 14.0. The molecule has 0 amide bonds. The molecule has 118 valence electrons. The summed E-state index contributed by atoms with van der Waals surface area (Å²) in [5.41, 5.74) is 7.76. The monoisotopic (exact) mass is 413 g/mol. The lowest BCUT2D eigenvalue weighted by Gasteiger charge is -2.07. The highest BCUT2D eigenvalue weighted by Gasteiger charge is 2.02. The van der Waals surface area contributed by atoms with E-state index >= 15 is 0 Å². The van der Waals surface area contributed by atoms with Gasteiger partial charge in [-0.05, 0) is 36.2 Å². The first-order valence-electron chi connectivity index (χ1n) is 6.67. The number of nitrogens with one attached hydrogen (secondary N) is 1. The maximum absolute atomic E-state index is 9.53. The Kier molecular flexibility index (Phi) is 7.51. The average Bonchev–Trinajstić information content (AvgIpc) is 2.50. The molecule has 0 heterocycles. The maximum Gasteiger partial charge on any atom is 0.193 e. The molecule has 2 aromatic carbocycles. The number of nitrogens with zero attached hydrogens (tertiary/aromatic N) is 1. The van der Waals surface area contributed by atoms with E-state index in [1.54, 1.807) is 12.1 Å². The number of hydrogen-bond donors (Lipinski definition) is 3. The summed E-state index contributed by atoms with van der Waals surface area (Å²) in [7, 11) is 1.53. The summed E-state index contributed by atoms with van der Waals surface area (Å²) < 4.78 is 5.07. The number of hydrogen-bond acceptors (Lipinski definition) is 3. The number of phenols is 1. The van der Waals surface area contributed by atoms with Crippen molar-refractivity contribution in [2.45, 2.75) is 6.42 Å². The third-order valence-electron chi connectivity index (χ3n) is 2.97. The molecule has 22 heavy (non-hydrogen) atoms. The van der Waals surface area contributed by atoms with Gasteiger partial charge in [-0.2, -0.15) is 0 Å². The molecule has 0 aromatic heterocycles. The number of benzene rings is 2. The van der Waals surface area contributed by atoms with E-state index in [2.05, 4.69) is 10.3 Å². The van der Waals surface area contributed by atoms with Gasteiger partial charge in [-0.15, -0.1) is 24.0 Å². The number of ether oxygens (including phenoxy) is 1. The Morgan fingerprint density at radius 3 is 2.64 bits per heavy atom. The predicted molar refractivity (Wildman–Crippen MR) is 100 cm³/mol. The Hall–Kier alpha value is -1.96. The van der Waals surface area contributed by atoms with Crippen LogP contribution >= 0.6 is 24.0 Å². The zero-order chi connectivity index (χ0) is 15.1. The van der Waals surface area contributed by atoms with Crippen LogP contribution in [-0.2, 0) is 6.42 Å². The number of guanidine groups is 1. The maximum atomic E-state index is 9.53. The number of aliphatic imine (C=N–C) groups is 1. The minimum absolute atomic E-state index is 0. The van der Waals surface area contributed by atoms with E-state index in [0.29, 0.717) is 24.7 Å². The smallest absolute Gasteiger partial charge is 0.193 e. The number of methoxy groups -OCH3 is 1. The van der Waals surface area contributed by atoms with E-state index in [-0.39, 0.29) is 29.7 Å². The number of anilines is 1. The molecule has 0 aliphatic heterocycles. The molecule has 0 aliphatic rings. The molecule has 0 atom stereocenters. The van der Waals surface area contributed by atoms with Crippen molar-refractivity contribution >= 4 is 35.6 Å². The molecule has 5 nitrogen and oxygen atoms in total. The van der Waals surface area contributed by atoms with Gasteiger partial charge in [-0.1, -0.05) is 24.3 Å². The molecule has 0 aliphatic carbocycles. The molecule has 0 fully saturated rings. The van der Waals surface area contributed by atoms with Crippen molar-refractivity contribution in [2.75, 3.05) is 19.0 Å². The Balaban J connectivity index is 0.00000242. The lowest BCUT2D eigenvalue weighted by Crippen LogP contribution is -2.23.